The number of aliphatic carboxylic acids is 2. The second-order valence-electron chi connectivity index (χ2n) is 15.6. The van der Waals surface area contributed by atoms with Crippen molar-refractivity contribution in [3.8, 4) is 0 Å². The minimum absolute atomic E-state index is 0.168. The Hall–Kier alpha value is -2.37. The molecule has 0 rings (SSSR count). The van der Waals surface area contributed by atoms with E-state index in [4.69, 9.17) is 14.9 Å². The van der Waals surface area contributed by atoms with Crippen molar-refractivity contribution in [2.45, 2.75) is 259 Å². The van der Waals surface area contributed by atoms with E-state index in [0.717, 1.165) is 38.5 Å². The third-order valence-electron chi connectivity index (χ3n) is 9.77. The van der Waals surface area contributed by atoms with Gasteiger partial charge in [-0.3, -0.25) is 14.4 Å². The van der Waals surface area contributed by atoms with Crippen LogP contribution in [0, 0.1) is 0 Å². The predicted octanol–water partition coefficient (Wildman–Crippen LogP) is 16.5. The van der Waals surface area contributed by atoms with Gasteiger partial charge in [-0.25, -0.2) is 0 Å². The van der Waals surface area contributed by atoms with Gasteiger partial charge < -0.3 is 14.9 Å². The highest BCUT2D eigenvalue weighted by atomic mass is 16.5. The second kappa shape index (κ2) is 54.7. The number of unbranched alkanes of at least 4 members (excludes halogenated alkanes) is 28. The van der Waals surface area contributed by atoms with Crippen molar-refractivity contribution >= 4 is 17.9 Å². The fraction of sp³-hybridized carbons (Fsp3) is 0.820. The molecule has 0 amide bonds. The molecular formula is C50H94O6. The standard InChI is InChI=1S/2C18H34O2.C14H26O2/c2*1-2-3-4-5-6-7-8-9-10-11-12-13-14-15-16-17-18(19)20;1-3-4-5-6-7-8-9-10-11-12-13-16-14(2)15/h2*5-6H,2-4,7-17H2,1H3,(H,19,20);6-7H,3-5,8-13H2,1-2H3/b6-5+;6-5-;7-6-. The van der Waals surface area contributed by atoms with E-state index in [2.05, 4.69) is 57.2 Å². The molecule has 0 aromatic heterocycles. The van der Waals surface area contributed by atoms with Gasteiger partial charge in [0, 0.05) is 19.8 Å². The number of carboxylic acids is 2. The average molecular weight is 791 g/mol. The van der Waals surface area contributed by atoms with Crippen LogP contribution in [0.3, 0.4) is 0 Å². The van der Waals surface area contributed by atoms with Gasteiger partial charge >= 0.3 is 17.9 Å². The number of hydrogen-bond donors (Lipinski definition) is 2. The van der Waals surface area contributed by atoms with Gasteiger partial charge in [-0.05, 0) is 77.0 Å². The van der Waals surface area contributed by atoms with Crippen LogP contribution in [0.5, 0.6) is 0 Å². The lowest BCUT2D eigenvalue weighted by molar-refractivity contribution is -0.141. The third-order valence-corrected chi connectivity index (χ3v) is 9.77. The van der Waals surface area contributed by atoms with Crippen molar-refractivity contribution in [3.05, 3.63) is 36.5 Å². The molecule has 0 heterocycles. The minimum atomic E-state index is -0.659. The SMILES string of the molecule is CCCC/C=C/CCCCCCCCCCCC(=O)O.CCCC/C=C\CCCCCCCCCCCC(=O)O.CCCC/C=C\CCCCCCOC(C)=O. The smallest absolute Gasteiger partial charge is 0.303 e. The van der Waals surface area contributed by atoms with Crippen LogP contribution in [-0.2, 0) is 19.1 Å². The van der Waals surface area contributed by atoms with E-state index in [1.54, 1.807) is 0 Å². The summed E-state index contributed by atoms with van der Waals surface area (Å²) in [5.41, 5.74) is 0. The highest BCUT2D eigenvalue weighted by Crippen LogP contribution is 2.13. The first-order valence-corrected chi connectivity index (χ1v) is 23.8. The van der Waals surface area contributed by atoms with Crippen molar-refractivity contribution in [1.29, 1.82) is 0 Å². The monoisotopic (exact) mass is 791 g/mol. The highest BCUT2D eigenvalue weighted by Gasteiger charge is 1.98. The Morgan fingerprint density at radius 3 is 0.839 bits per heavy atom. The summed E-state index contributed by atoms with van der Waals surface area (Å²) >= 11 is 0. The molecule has 0 aliphatic rings. The second-order valence-corrected chi connectivity index (χ2v) is 15.6. The van der Waals surface area contributed by atoms with E-state index >= 15 is 0 Å². The van der Waals surface area contributed by atoms with Crippen LogP contribution < -0.4 is 0 Å². The molecule has 0 aromatic rings. The first-order valence-electron chi connectivity index (χ1n) is 23.8. The largest absolute Gasteiger partial charge is 0.481 e. The summed E-state index contributed by atoms with van der Waals surface area (Å²) < 4.78 is 4.86. The third kappa shape index (κ3) is 66.4. The molecule has 0 spiro atoms. The maximum absolute atomic E-state index is 10.5. The molecule has 0 aromatic carbocycles. The summed E-state index contributed by atoms with van der Waals surface area (Å²) in [5.74, 6) is -1.48. The lowest BCUT2D eigenvalue weighted by Gasteiger charge is -2.01. The zero-order valence-electron chi connectivity index (χ0n) is 37.7. The summed E-state index contributed by atoms with van der Waals surface area (Å²) in [6, 6.07) is 0. The van der Waals surface area contributed by atoms with Crippen LogP contribution in [0.25, 0.3) is 0 Å². The fourth-order valence-electron chi connectivity index (χ4n) is 6.16. The van der Waals surface area contributed by atoms with Crippen LogP contribution in [0.4, 0.5) is 0 Å². The van der Waals surface area contributed by atoms with Crippen molar-refractivity contribution in [1.82, 2.24) is 0 Å². The van der Waals surface area contributed by atoms with E-state index in [9.17, 15) is 14.4 Å². The molecule has 0 unspecified atom stereocenters. The number of carboxylic acid groups (broad SMARTS) is 2. The molecule has 0 aliphatic carbocycles. The summed E-state index contributed by atoms with van der Waals surface area (Å²) in [7, 11) is 0. The molecule has 0 atom stereocenters. The Morgan fingerprint density at radius 1 is 0.357 bits per heavy atom. The van der Waals surface area contributed by atoms with Gasteiger partial charge in [-0.15, -0.1) is 0 Å². The average Bonchev–Trinajstić information content (AvgIpc) is 3.17. The number of carbonyl (C=O) groups excluding carboxylic acids is 1. The number of allylic oxidation sites excluding steroid dienone is 6. The number of ether oxygens (including phenoxy) is 1. The molecule has 6 heteroatoms. The number of rotatable bonds is 40. The molecule has 6 nitrogen and oxygen atoms in total. The molecule has 0 fully saturated rings. The molecule has 330 valence electrons. The van der Waals surface area contributed by atoms with Gasteiger partial charge in [-0.1, -0.05) is 198 Å². The summed E-state index contributed by atoms with van der Waals surface area (Å²) in [5, 5.41) is 17.0. The Morgan fingerprint density at radius 2 is 0.589 bits per heavy atom. The lowest BCUT2D eigenvalue weighted by atomic mass is 10.1. The summed E-state index contributed by atoms with van der Waals surface area (Å²) in [4.78, 5) is 31.1. The topological polar surface area (TPSA) is 101 Å². The van der Waals surface area contributed by atoms with Gasteiger partial charge in [0.25, 0.3) is 0 Å². The van der Waals surface area contributed by atoms with Crippen LogP contribution >= 0.6 is 0 Å². The number of carbonyl (C=O) groups is 3. The van der Waals surface area contributed by atoms with Crippen LogP contribution in [0.2, 0.25) is 0 Å². The van der Waals surface area contributed by atoms with E-state index in [0.29, 0.717) is 19.4 Å². The Bertz CT molecular complexity index is 827. The Labute approximate surface area is 348 Å². The Balaban J connectivity index is -0.000000758. The highest BCUT2D eigenvalue weighted by molar-refractivity contribution is 5.66. The Kier molecular flexibility index (Phi) is 56.6. The lowest BCUT2D eigenvalue weighted by Crippen LogP contribution is -1.99. The van der Waals surface area contributed by atoms with Crippen LogP contribution in [0.15, 0.2) is 36.5 Å². The number of hydrogen-bond acceptors (Lipinski definition) is 4. The molecule has 2 N–H and O–H groups in total. The van der Waals surface area contributed by atoms with Gasteiger partial charge in [0.2, 0.25) is 0 Å². The molecule has 0 aliphatic heterocycles. The van der Waals surface area contributed by atoms with Crippen molar-refractivity contribution in [2.75, 3.05) is 6.61 Å². The number of esters is 1. The normalized spacial score (nSPS) is 11.1. The summed E-state index contributed by atoms with van der Waals surface area (Å²) in [6.45, 7) is 8.74. The van der Waals surface area contributed by atoms with E-state index in [1.165, 1.54) is 187 Å². The zero-order chi connectivity index (χ0) is 41.8. The van der Waals surface area contributed by atoms with Gasteiger partial charge in [-0.2, -0.15) is 0 Å². The molecule has 0 bridgehead atoms. The minimum Gasteiger partial charge on any atom is -0.481 e. The van der Waals surface area contributed by atoms with Gasteiger partial charge in [0.15, 0.2) is 0 Å². The van der Waals surface area contributed by atoms with Gasteiger partial charge in [0.05, 0.1) is 6.61 Å². The van der Waals surface area contributed by atoms with Gasteiger partial charge in [0.1, 0.15) is 0 Å². The molecule has 0 saturated carbocycles. The predicted molar refractivity (Wildman–Crippen MR) is 243 cm³/mol. The summed E-state index contributed by atoms with van der Waals surface area (Å²) in [6.07, 6.45) is 56.7. The maximum atomic E-state index is 10.5. The zero-order valence-corrected chi connectivity index (χ0v) is 37.7. The van der Waals surface area contributed by atoms with Crippen LogP contribution in [0.1, 0.15) is 259 Å². The first kappa shape index (κ1) is 58.0. The van der Waals surface area contributed by atoms with Crippen LogP contribution in [-0.4, -0.2) is 34.7 Å². The van der Waals surface area contributed by atoms with Crippen molar-refractivity contribution < 1.29 is 29.3 Å². The van der Waals surface area contributed by atoms with Crippen molar-refractivity contribution in [3.63, 3.8) is 0 Å². The molecule has 0 radical (unpaired) electrons. The quantitative estimate of drug-likeness (QED) is 0.0364. The van der Waals surface area contributed by atoms with E-state index in [1.807, 2.05) is 0 Å². The molecular weight excluding hydrogens is 697 g/mol. The van der Waals surface area contributed by atoms with Crippen molar-refractivity contribution in [2.24, 2.45) is 0 Å². The maximum Gasteiger partial charge on any atom is 0.303 e. The fourth-order valence-corrected chi connectivity index (χ4v) is 6.16. The molecule has 0 saturated heterocycles. The molecule has 56 heavy (non-hydrogen) atoms. The van der Waals surface area contributed by atoms with E-state index in [-0.39, 0.29) is 5.97 Å². The first-order chi connectivity index (χ1) is 27.3. The van der Waals surface area contributed by atoms with E-state index < -0.39 is 11.9 Å².